The minimum Gasteiger partial charge on any atom is -0.468 e. The number of carbonyl (C=O) groups excluding carboxylic acids is 7. The topological polar surface area (TPSA) is 275 Å². The number of hydrogen-bond donors (Lipinski definition) is 3. The molecular weight excluding hydrogens is 999 g/mol. The average molecular weight is 1060 g/mol. The van der Waals surface area contributed by atoms with Crippen molar-refractivity contribution in [2.45, 2.75) is 104 Å². The van der Waals surface area contributed by atoms with E-state index in [4.69, 9.17) is 24.7 Å². The SMILES string of the molecule is COC(=O)[C@@H](N)CCC(=O)CCCOCCOCC(=O)NCCOCCOCC(=O)CCc1ncc(-c2cc(C)c3c(c2)c(C(C)=O)nn3CC(=O)N2[C@H](C(=O)Nc3nc(Br)ccc3C)C[C@@]3(C)C[C@@H]23)cn1. The molecule has 21 nitrogen and oxygen atoms in total. The summed E-state index contributed by atoms with van der Waals surface area (Å²) in [5.74, 6) is -0.883. The number of hydrogen-bond acceptors (Lipinski definition) is 17. The van der Waals surface area contributed by atoms with Gasteiger partial charge in [0, 0.05) is 75.1 Å². The number of aromatic nitrogens is 5. The van der Waals surface area contributed by atoms with E-state index in [-0.39, 0.29) is 131 Å². The summed E-state index contributed by atoms with van der Waals surface area (Å²) in [4.78, 5) is 104. The van der Waals surface area contributed by atoms with Crippen LogP contribution in [0.25, 0.3) is 22.0 Å². The van der Waals surface area contributed by atoms with E-state index in [9.17, 15) is 33.6 Å². The highest BCUT2D eigenvalue weighted by atomic mass is 79.9. The van der Waals surface area contributed by atoms with Crippen LogP contribution in [0.1, 0.15) is 86.2 Å². The molecule has 4 atom stereocenters. The van der Waals surface area contributed by atoms with Crippen LogP contribution in [0.15, 0.2) is 41.3 Å². The number of pyridine rings is 1. The molecule has 22 heteroatoms. The number of anilines is 1. The van der Waals surface area contributed by atoms with Gasteiger partial charge >= 0.3 is 5.97 Å². The first-order valence-electron chi connectivity index (χ1n) is 24.0. The van der Waals surface area contributed by atoms with Gasteiger partial charge in [0.2, 0.25) is 17.7 Å². The fourth-order valence-electron chi connectivity index (χ4n) is 8.61. The highest BCUT2D eigenvalue weighted by Crippen LogP contribution is 2.59. The van der Waals surface area contributed by atoms with Crippen molar-refractivity contribution in [2.75, 3.05) is 71.8 Å². The lowest BCUT2D eigenvalue weighted by atomic mass is 10.0. The van der Waals surface area contributed by atoms with Crippen molar-refractivity contribution in [3.8, 4) is 11.1 Å². The van der Waals surface area contributed by atoms with Crippen LogP contribution in [0, 0.1) is 19.3 Å². The van der Waals surface area contributed by atoms with Crippen LogP contribution >= 0.6 is 15.9 Å². The number of piperidine rings is 1. The predicted octanol–water partition coefficient (Wildman–Crippen LogP) is 3.80. The molecule has 72 heavy (non-hydrogen) atoms. The van der Waals surface area contributed by atoms with Crippen LogP contribution in [0.4, 0.5) is 5.82 Å². The molecule has 2 aliphatic rings. The first-order chi connectivity index (χ1) is 34.5. The third kappa shape index (κ3) is 15.3. The number of rotatable bonds is 30. The zero-order chi connectivity index (χ0) is 52.0. The number of ketones is 3. The Morgan fingerprint density at radius 1 is 0.861 bits per heavy atom. The number of nitrogens with zero attached hydrogens (tertiary/aromatic N) is 6. The Labute approximate surface area is 426 Å². The molecule has 4 aromatic rings. The number of aryl methyl sites for hydroxylation is 3. The summed E-state index contributed by atoms with van der Waals surface area (Å²) < 4.78 is 28.4. The molecule has 0 radical (unpaired) electrons. The lowest BCUT2D eigenvalue weighted by Gasteiger charge is -2.27. The molecule has 1 aliphatic carbocycles. The molecular formula is C50H64BrN9O12. The number of amides is 3. The molecule has 3 amide bonds. The minimum atomic E-state index is -0.806. The number of Topliss-reactive ketones (excluding diaryl/α,β-unsaturated/α-hetero) is 3. The van der Waals surface area contributed by atoms with Gasteiger partial charge in [-0.3, -0.25) is 38.2 Å². The number of benzene rings is 1. The fourth-order valence-corrected chi connectivity index (χ4v) is 8.92. The van der Waals surface area contributed by atoms with Crippen molar-refractivity contribution >= 4 is 73.7 Å². The smallest absolute Gasteiger partial charge is 0.322 e. The molecule has 0 bridgehead atoms. The van der Waals surface area contributed by atoms with Crippen LogP contribution in [0.5, 0.6) is 0 Å². The molecule has 3 aromatic heterocycles. The Morgan fingerprint density at radius 2 is 1.57 bits per heavy atom. The van der Waals surface area contributed by atoms with E-state index in [1.807, 2.05) is 32.0 Å². The summed E-state index contributed by atoms with van der Waals surface area (Å²) in [5.41, 5.74) is 9.37. The van der Waals surface area contributed by atoms with Gasteiger partial charge in [0.25, 0.3) is 0 Å². The highest BCUT2D eigenvalue weighted by molar-refractivity contribution is 9.10. The van der Waals surface area contributed by atoms with E-state index in [1.54, 1.807) is 28.0 Å². The molecule has 0 spiro atoms. The van der Waals surface area contributed by atoms with E-state index in [0.717, 1.165) is 23.1 Å². The van der Waals surface area contributed by atoms with Crippen molar-refractivity contribution < 1.29 is 57.2 Å². The maximum Gasteiger partial charge on any atom is 0.322 e. The first kappa shape index (κ1) is 55.4. The quantitative estimate of drug-likeness (QED) is 0.0290. The predicted molar refractivity (Wildman–Crippen MR) is 266 cm³/mol. The van der Waals surface area contributed by atoms with Crippen LogP contribution < -0.4 is 16.4 Å². The number of esters is 1. The Balaban J connectivity index is 0.863. The highest BCUT2D eigenvalue weighted by Gasteiger charge is 2.64. The van der Waals surface area contributed by atoms with Gasteiger partial charge < -0.3 is 45.0 Å². The zero-order valence-electron chi connectivity index (χ0n) is 41.5. The number of ether oxygens (including phenoxy) is 5. The molecule has 4 heterocycles. The standard InChI is InChI=1S/C50H64BrN9O12/c1-30-8-12-41(51)56-47(30)57-48(66)39-23-50(4)24-40(50)60(39)44(65)27-59-46-31(2)21-33(22-37(46)45(58-59)32(3)61)34-25-54-42(55-26-34)13-10-36(63)28-71-19-18-70-16-14-53-43(64)29-72-20-17-69-15-6-7-35(62)9-11-38(52)49(67)68-5/h8,12,21-22,25-26,38-40H,6-7,9-11,13-20,23-24,27-29,52H2,1-5H3,(H,53,64)(H,56,57,66)/t38-,39-,40+,50-/m0/s1. The van der Waals surface area contributed by atoms with Gasteiger partial charge in [-0.15, -0.1) is 0 Å². The molecule has 1 saturated heterocycles. The average Bonchev–Trinajstić information content (AvgIpc) is 3.70. The first-order valence-corrected chi connectivity index (χ1v) is 24.8. The summed E-state index contributed by atoms with van der Waals surface area (Å²) in [6.45, 7) is 8.67. The summed E-state index contributed by atoms with van der Waals surface area (Å²) in [7, 11) is 1.25. The molecule has 2 fully saturated rings. The third-order valence-corrected chi connectivity index (χ3v) is 13.1. The van der Waals surface area contributed by atoms with Gasteiger partial charge in [-0.05, 0) is 95.8 Å². The van der Waals surface area contributed by atoms with Gasteiger partial charge in [0.05, 0.1) is 45.7 Å². The lowest BCUT2D eigenvalue weighted by Crippen LogP contribution is -2.47. The minimum absolute atomic E-state index is 0.00766. The van der Waals surface area contributed by atoms with Crippen LogP contribution in [0.3, 0.4) is 0 Å². The summed E-state index contributed by atoms with van der Waals surface area (Å²) >= 11 is 3.36. The summed E-state index contributed by atoms with van der Waals surface area (Å²) in [5, 5.41) is 10.8. The van der Waals surface area contributed by atoms with E-state index < -0.39 is 18.1 Å². The van der Waals surface area contributed by atoms with Crippen LogP contribution in [-0.4, -0.2) is 155 Å². The Morgan fingerprint density at radius 3 is 2.29 bits per heavy atom. The second-order valence-electron chi connectivity index (χ2n) is 18.4. The number of methoxy groups -OCH3 is 1. The van der Waals surface area contributed by atoms with Crippen molar-refractivity contribution in [2.24, 2.45) is 11.1 Å². The molecule has 6 rings (SSSR count). The normalized spacial score (nSPS) is 17.3. The van der Waals surface area contributed by atoms with Gasteiger partial charge in [-0.25, -0.2) is 15.0 Å². The molecule has 388 valence electrons. The number of halogens is 1. The molecule has 1 saturated carbocycles. The van der Waals surface area contributed by atoms with Crippen LogP contribution in [0.2, 0.25) is 0 Å². The van der Waals surface area contributed by atoms with E-state index in [2.05, 4.69) is 58.3 Å². The lowest BCUT2D eigenvalue weighted by molar-refractivity contribution is -0.142. The van der Waals surface area contributed by atoms with E-state index >= 15 is 0 Å². The molecule has 0 unspecified atom stereocenters. The van der Waals surface area contributed by atoms with Crippen LogP contribution in [-0.2, 0) is 65.4 Å². The zero-order valence-corrected chi connectivity index (χ0v) is 43.0. The van der Waals surface area contributed by atoms with Gasteiger partial charge in [-0.2, -0.15) is 5.10 Å². The second kappa shape index (κ2) is 26.2. The fraction of sp³-hybridized carbons (Fsp3) is 0.540. The van der Waals surface area contributed by atoms with Crippen molar-refractivity contribution in [3.05, 3.63) is 63.9 Å². The van der Waals surface area contributed by atoms with Gasteiger partial charge in [0.1, 0.15) is 59.6 Å². The monoisotopic (exact) mass is 1060 g/mol. The van der Waals surface area contributed by atoms with Gasteiger partial charge in [0.15, 0.2) is 11.6 Å². The summed E-state index contributed by atoms with van der Waals surface area (Å²) in [6.07, 6.45) is 6.43. The Kier molecular flexibility index (Phi) is 20.1. The number of nitrogens with one attached hydrogen (secondary N) is 2. The van der Waals surface area contributed by atoms with Crippen molar-refractivity contribution in [3.63, 3.8) is 0 Å². The largest absolute Gasteiger partial charge is 0.468 e. The molecule has 1 aromatic carbocycles. The maximum absolute atomic E-state index is 14.1. The third-order valence-electron chi connectivity index (χ3n) is 12.6. The number of nitrogens with two attached hydrogens (primary N) is 1. The second-order valence-corrected chi connectivity index (χ2v) is 19.2. The van der Waals surface area contributed by atoms with Gasteiger partial charge in [-0.1, -0.05) is 13.0 Å². The van der Waals surface area contributed by atoms with E-state index in [0.29, 0.717) is 65.0 Å². The number of likely N-dealkylation sites (tertiary alicyclic amines) is 1. The number of fused-ring (bicyclic) bond motifs is 2. The molecule has 1 aliphatic heterocycles. The Bertz CT molecular complexity index is 2610. The van der Waals surface area contributed by atoms with Crippen molar-refractivity contribution in [1.29, 1.82) is 0 Å². The molecule has 4 N–H and O–H groups in total. The Hall–Kier alpha value is -5.91. The summed E-state index contributed by atoms with van der Waals surface area (Å²) in [6, 6.07) is 5.86. The van der Waals surface area contributed by atoms with E-state index in [1.165, 1.54) is 14.0 Å². The van der Waals surface area contributed by atoms with Crippen molar-refractivity contribution in [1.82, 2.24) is 34.9 Å². The maximum atomic E-state index is 14.1. The number of carbonyl (C=O) groups is 7.